The Bertz CT molecular complexity index is 954. The maximum Gasteiger partial charge on any atom is 0.192 e. The van der Waals surface area contributed by atoms with E-state index in [1.165, 1.54) is 21.7 Å². The van der Waals surface area contributed by atoms with Crippen LogP contribution < -0.4 is 4.90 Å². The second kappa shape index (κ2) is 5.12. The fraction of sp³-hybridized carbons (Fsp3) is 0.190. The lowest BCUT2D eigenvalue weighted by Gasteiger charge is -2.21. The predicted octanol–water partition coefficient (Wildman–Crippen LogP) is 4.84. The lowest BCUT2D eigenvalue weighted by Crippen LogP contribution is -2.16. The van der Waals surface area contributed by atoms with Crippen molar-refractivity contribution in [2.24, 2.45) is 0 Å². The van der Waals surface area contributed by atoms with Gasteiger partial charge in [-0.3, -0.25) is 4.79 Å². The fourth-order valence-corrected chi connectivity index (χ4v) is 5.20. The first-order valence-corrected chi connectivity index (χ1v) is 9.15. The Kier molecular flexibility index (Phi) is 3.01. The highest BCUT2D eigenvalue weighted by Gasteiger charge is 2.34. The van der Waals surface area contributed by atoms with Gasteiger partial charge in [0, 0.05) is 29.5 Å². The molecule has 0 aromatic heterocycles. The Balaban J connectivity index is 1.63. The fourth-order valence-electron chi connectivity index (χ4n) is 3.98. The molecule has 0 unspecified atom stereocenters. The molecule has 2 nitrogen and oxygen atoms in total. The number of carbonyl (C=O) groups is 1. The SMILES string of the molecule is CN1/C(=C2\Cc3ccccc3C2=O)Sc2ccc3c(c21)CCC=C3. The zero-order valence-electron chi connectivity index (χ0n) is 13.5. The molecule has 2 aliphatic carbocycles. The number of hydrogen-bond donors (Lipinski definition) is 0. The van der Waals surface area contributed by atoms with Crippen molar-refractivity contribution in [2.75, 3.05) is 11.9 Å². The first-order valence-electron chi connectivity index (χ1n) is 8.34. The van der Waals surface area contributed by atoms with Crippen molar-refractivity contribution < 1.29 is 4.79 Å². The predicted molar refractivity (Wildman–Crippen MR) is 99.6 cm³/mol. The molecule has 0 saturated carbocycles. The van der Waals surface area contributed by atoms with E-state index >= 15 is 0 Å². The topological polar surface area (TPSA) is 20.3 Å². The van der Waals surface area contributed by atoms with E-state index in [1.807, 2.05) is 18.2 Å². The molecule has 24 heavy (non-hydrogen) atoms. The van der Waals surface area contributed by atoms with Crippen LogP contribution in [0.15, 0.2) is 58.0 Å². The van der Waals surface area contributed by atoms with Crippen molar-refractivity contribution in [1.82, 2.24) is 0 Å². The van der Waals surface area contributed by atoms with Crippen LogP contribution in [0.5, 0.6) is 0 Å². The summed E-state index contributed by atoms with van der Waals surface area (Å²) in [6, 6.07) is 12.4. The summed E-state index contributed by atoms with van der Waals surface area (Å²) in [6.45, 7) is 0. The van der Waals surface area contributed by atoms with Crippen molar-refractivity contribution >= 4 is 29.3 Å². The third-order valence-corrected chi connectivity index (χ3v) is 6.41. The Morgan fingerprint density at radius 2 is 2.00 bits per heavy atom. The second-order valence-corrected chi connectivity index (χ2v) is 7.56. The second-order valence-electron chi connectivity index (χ2n) is 6.53. The first-order chi connectivity index (χ1) is 11.7. The molecule has 0 N–H and O–H groups in total. The summed E-state index contributed by atoms with van der Waals surface area (Å²) in [5.41, 5.74) is 7.01. The molecule has 3 aliphatic rings. The van der Waals surface area contributed by atoms with Crippen molar-refractivity contribution in [3.8, 4) is 0 Å². The number of ketones is 1. The molecule has 0 spiro atoms. The molecule has 1 heterocycles. The number of anilines is 1. The number of hydrogen-bond acceptors (Lipinski definition) is 3. The number of carbonyl (C=O) groups excluding carboxylic acids is 1. The summed E-state index contributed by atoms with van der Waals surface area (Å²) in [4.78, 5) is 16.4. The largest absolute Gasteiger partial charge is 0.338 e. The smallest absolute Gasteiger partial charge is 0.192 e. The van der Waals surface area contributed by atoms with Gasteiger partial charge in [-0.25, -0.2) is 0 Å². The average molecular weight is 331 g/mol. The summed E-state index contributed by atoms with van der Waals surface area (Å²) in [6.07, 6.45) is 7.39. The quantitative estimate of drug-likeness (QED) is 0.644. The van der Waals surface area contributed by atoms with Crippen molar-refractivity contribution in [1.29, 1.82) is 0 Å². The van der Waals surface area contributed by atoms with Gasteiger partial charge in [-0.05, 0) is 35.6 Å². The Hall–Kier alpha value is -2.26. The number of nitrogens with zero attached hydrogens (tertiary/aromatic N) is 1. The highest BCUT2D eigenvalue weighted by molar-refractivity contribution is 8.03. The van der Waals surface area contributed by atoms with Crippen LogP contribution in [0.1, 0.15) is 33.5 Å². The monoisotopic (exact) mass is 331 g/mol. The molecule has 118 valence electrons. The number of fused-ring (bicyclic) bond motifs is 4. The van der Waals surface area contributed by atoms with Gasteiger partial charge in [0.2, 0.25) is 0 Å². The van der Waals surface area contributed by atoms with Gasteiger partial charge in [-0.15, -0.1) is 0 Å². The molecule has 0 bridgehead atoms. The zero-order valence-corrected chi connectivity index (χ0v) is 14.3. The van der Waals surface area contributed by atoms with E-state index in [9.17, 15) is 4.79 Å². The highest BCUT2D eigenvalue weighted by atomic mass is 32.2. The Morgan fingerprint density at radius 1 is 1.12 bits per heavy atom. The van der Waals surface area contributed by atoms with Gasteiger partial charge >= 0.3 is 0 Å². The summed E-state index contributed by atoms with van der Waals surface area (Å²) in [5.74, 6) is 0.196. The van der Waals surface area contributed by atoms with E-state index in [0.717, 1.165) is 41.0 Å². The maximum atomic E-state index is 12.9. The van der Waals surface area contributed by atoms with Gasteiger partial charge in [0.05, 0.1) is 10.7 Å². The van der Waals surface area contributed by atoms with Crippen LogP contribution in [0.2, 0.25) is 0 Å². The Morgan fingerprint density at radius 3 is 2.88 bits per heavy atom. The number of benzene rings is 2. The summed E-state index contributed by atoms with van der Waals surface area (Å²) >= 11 is 1.75. The summed E-state index contributed by atoms with van der Waals surface area (Å²) in [5, 5.41) is 1.11. The molecule has 0 amide bonds. The van der Waals surface area contributed by atoms with Crippen LogP contribution in [0.3, 0.4) is 0 Å². The maximum absolute atomic E-state index is 12.9. The molecule has 5 rings (SSSR count). The average Bonchev–Trinajstić information content (AvgIpc) is 3.13. The summed E-state index contributed by atoms with van der Waals surface area (Å²) in [7, 11) is 2.11. The van der Waals surface area contributed by atoms with Crippen LogP contribution in [-0.2, 0) is 12.8 Å². The zero-order chi connectivity index (χ0) is 16.3. The molecule has 2 aromatic carbocycles. The molecule has 0 fully saturated rings. The van der Waals surface area contributed by atoms with E-state index in [-0.39, 0.29) is 5.78 Å². The number of Topliss-reactive ketones (excluding diaryl/α,β-unsaturated/α-hetero) is 1. The van der Waals surface area contributed by atoms with Crippen LogP contribution >= 0.6 is 11.8 Å². The molecule has 0 radical (unpaired) electrons. The van der Waals surface area contributed by atoms with Gasteiger partial charge in [-0.2, -0.15) is 0 Å². The molecule has 1 aliphatic heterocycles. The minimum atomic E-state index is 0.196. The van der Waals surface area contributed by atoms with E-state index in [2.05, 4.69) is 42.3 Å². The van der Waals surface area contributed by atoms with Crippen LogP contribution in [0, 0.1) is 0 Å². The third kappa shape index (κ3) is 1.88. The van der Waals surface area contributed by atoms with E-state index < -0.39 is 0 Å². The molecular weight excluding hydrogens is 314 g/mol. The van der Waals surface area contributed by atoms with Gasteiger partial charge in [0.1, 0.15) is 0 Å². The lowest BCUT2D eigenvalue weighted by molar-refractivity contribution is 0.103. The third-order valence-electron chi connectivity index (χ3n) is 5.15. The van der Waals surface area contributed by atoms with Crippen LogP contribution in [0.4, 0.5) is 5.69 Å². The van der Waals surface area contributed by atoms with Gasteiger partial charge < -0.3 is 4.90 Å². The standard InChI is InChI=1S/C21H17NOS/c1-22-19-15-8-4-2-6-13(15)10-11-18(19)24-21(22)17-12-14-7-3-5-9-16(14)20(17)23/h2-3,5-7,9-11H,4,8,12H2,1H3/b21-17-. The van der Waals surface area contributed by atoms with E-state index in [4.69, 9.17) is 0 Å². The highest BCUT2D eigenvalue weighted by Crippen LogP contribution is 2.51. The number of rotatable bonds is 0. The molecule has 3 heteroatoms. The normalized spacial score (nSPS) is 21.0. The van der Waals surface area contributed by atoms with Gasteiger partial charge in [0.15, 0.2) is 5.78 Å². The molecule has 2 aromatic rings. The van der Waals surface area contributed by atoms with Crippen molar-refractivity contribution in [3.63, 3.8) is 0 Å². The lowest BCUT2D eigenvalue weighted by atomic mass is 9.95. The minimum absolute atomic E-state index is 0.196. The van der Waals surface area contributed by atoms with E-state index in [0.29, 0.717) is 0 Å². The van der Waals surface area contributed by atoms with Crippen LogP contribution in [-0.4, -0.2) is 12.8 Å². The molecule has 0 saturated heterocycles. The molecule has 0 atom stereocenters. The van der Waals surface area contributed by atoms with Crippen molar-refractivity contribution in [3.05, 3.63) is 75.3 Å². The Labute approximate surface area is 145 Å². The van der Waals surface area contributed by atoms with E-state index in [1.54, 1.807) is 11.8 Å². The van der Waals surface area contributed by atoms with Crippen LogP contribution in [0.25, 0.3) is 6.08 Å². The van der Waals surface area contributed by atoms with Gasteiger partial charge in [0.25, 0.3) is 0 Å². The summed E-state index contributed by atoms with van der Waals surface area (Å²) < 4.78 is 0. The minimum Gasteiger partial charge on any atom is -0.338 e. The van der Waals surface area contributed by atoms with Gasteiger partial charge in [-0.1, -0.05) is 54.2 Å². The first kappa shape index (κ1) is 14.1. The number of thioether (sulfide) groups is 1. The number of allylic oxidation sites excluding steroid dienone is 2. The van der Waals surface area contributed by atoms with Crippen molar-refractivity contribution in [2.45, 2.75) is 24.2 Å². The molecular formula is C21H17NOS.